The summed E-state index contributed by atoms with van der Waals surface area (Å²) in [6.45, 7) is 5.95. The van der Waals surface area contributed by atoms with Crippen molar-refractivity contribution in [1.82, 2.24) is 4.90 Å². The molecule has 1 amide bonds. The topological polar surface area (TPSA) is 37.4 Å². The molecule has 0 aliphatic carbocycles. The van der Waals surface area contributed by atoms with E-state index in [0.29, 0.717) is 0 Å². The van der Waals surface area contributed by atoms with Crippen molar-refractivity contribution in [3.63, 3.8) is 0 Å². The minimum atomic E-state index is -0.000641. The van der Waals surface area contributed by atoms with E-state index in [0.717, 1.165) is 20.9 Å². The molecule has 122 valence electrons. The van der Waals surface area contributed by atoms with Crippen molar-refractivity contribution in [2.24, 2.45) is 0 Å². The van der Waals surface area contributed by atoms with Crippen molar-refractivity contribution < 1.29 is 9.59 Å². The third kappa shape index (κ3) is 4.29. The highest BCUT2D eigenvalue weighted by Gasteiger charge is 2.19. The number of aryl methyl sites for hydroxylation is 2. The highest BCUT2D eigenvalue weighted by molar-refractivity contribution is 7.12. The molecule has 2 aromatic rings. The minimum absolute atomic E-state index is 0.000641. The summed E-state index contributed by atoms with van der Waals surface area (Å²) in [7, 11) is 1.80. The van der Waals surface area contributed by atoms with Gasteiger partial charge in [-0.15, -0.1) is 11.3 Å². The van der Waals surface area contributed by atoms with Crippen LogP contribution in [0.4, 0.5) is 0 Å². The van der Waals surface area contributed by atoms with E-state index in [4.69, 9.17) is 0 Å². The quantitative estimate of drug-likeness (QED) is 0.729. The number of hydrogen-bond donors (Lipinski definition) is 0. The summed E-state index contributed by atoms with van der Waals surface area (Å²) >= 11 is 1.62. The Morgan fingerprint density at radius 1 is 1.13 bits per heavy atom. The predicted molar refractivity (Wildman–Crippen MR) is 95.0 cm³/mol. The second-order valence-electron chi connectivity index (χ2n) is 5.84. The summed E-state index contributed by atoms with van der Waals surface area (Å²) in [5, 5.41) is 0. The molecule has 0 radical (unpaired) electrons. The Morgan fingerprint density at radius 2 is 1.78 bits per heavy atom. The van der Waals surface area contributed by atoms with Crippen molar-refractivity contribution in [1.29, 1.82) is 0 Å². The van der Waals surface area contributed by atoms with Crippen LogP contribution in [0.2, 0.25) is 0 Å². The number of hydrogen-bond acceptors (Lipinski definition) is 3. The molecular formula is C19H23NO2S. The lowest BCUT2D eigenvalue weighted by molar-refractivity contribution is -0.131. The molecule has 3 nitrogen and oxygen atoms in total. The van der Waals surface area contributed by atoms with Crippen LogP contribution in [0.3, 0.4) is 0 Å². The summed E-state index contributed by atoms with van der Waals surface area (Å²) < 4.78 is 0. The van der Waals surface area contributed by atoms with Gasteiger partial charge in [-0.2, -0.15) is 0 Å². The third-order valence-corrected chi connectivity index (χ3v) is 5.13. The van der Waals surface area contributed by atoms with E-state index < -0.39 is 0 Å². The molecular weight excluding hydrogens is 306 g/mol. The summed E-state index contributed by atoms with van der Waals surface area (Å²) in [5.74, 6) is 0.0558. The summed E-state index contributed by atoms with van der Waals surface area (Å²) in [5.41, 5.74) is 1.86. The Kier molecular flexibility index (Phi) is 5.72. The first-order valence-corrected chi connectivity index (χ1v) is 8.62. The standard InChI is InChI=1S/C19H23NO2S/c1-13-12-17(15(3)23-13)18(21)10-11-19(22)20(4)14(2)16-8-6-5-7-9-16/h5-9,12,14H,10-11H2,1-4H3. The van der Waals surface area contributed by atoms with Gasteiger partial charge in [-0.25, -0.2) is 0 Å². The average molecular weight is 329 g/mol. The van der Waals surface area contributed by atoms with Gasteiger partial charge in [-0.3, -0.25) is 9.59 Å². The molecule has 4 heteroatoms. The van der Waals surface area contributed by atoms with Crippen molar-refractivity contribution in [2.45, 2.75) is 39.7 Å². The second kappa shape index (κ2) is 7.55. The first kappa shape index (κ1) is 17.4. The molecule has 1 atom stereocenters. The fourth-order valence-corrected chi connectivity index (χ4v) is 3.55. The highest BCUT2D eigenvalue weighted by Crippen LogP contribution is 2.23. The lowest BCUT2D eigenvalue weighted by Gasteiger charge is -2.25. The smallest absolute Gasteiger partial charge is 0.223 e. The highest BCUT2D eigenvalue weighted by atomic mass is 32.1. The van der Waals surface area contributed by atoms with Crippen molar-refractivity contribution >= 4 is 23.0 Å². The molecule has 1 heterocycles. The molecule has 2 rings (SSSR count). The zero-order valence-corrected chi connectivity index (χ0v) is 14.9. The normalized spacial score (nSPS) is 12.0. The van der Waals surface area contributed by atoms with Gasteiger partial charge in [0, 0.05) is 35.2 Å². The number of amides is 1. The van der Waals surface area contributed by atoms with Crippen molar-refractivity contribution in [3.8, 4) is 0 Å². The van der Waals surface area contributed by atoms with Crippen LogP contribution in [0.5, 0.6) is 0 Å². The Balaban J connectivity index is 1.94. The van der Waals surface area contributed by atoms with Crippen molar-refractivity contribution in [2.75, 3.05) is 7.05 Å². The van der Waals surface area contributed by atoms with Gasteiger partial charge < -0.3 is 4.90 Å². The Bertz CT molecular complexity index is 691. The molecule has 0 spiro atoms. The number of Topliss-reactive ketones (excluding diaryl/α,β-unsaturated/α-hetero) is 1. The van der Waals surface area contributed by atoms with Crippen LogP contribution >= 0.6 is 11.3 Å². The molecule has 0 aliphatic heterocycles. The van der Waals surface area contributed by atoms with Gasteiger partial charge in [0.15, 0.2) is 5.78 Å². The SMILES string of the molecule is Cc1cc(C(=O)CCC(=O)N(C)C(C)c2ccccc2)c(C)s1. The Hall–Kier alpha value is -1.94. The zero-order chi connectivity index (χ0) is 17.0. The number of nitrogens with zero attached hydrogens (tertiary/aromatic N) is 1. The number of benzene rings is 1. The lowest BCUT2D eigenvalue weighted by atomic mass is 10.0. The fraction of sp³-hybridized carbons (Fsp3) is 0.368. The van der Waals surface area contributed by atoms with Crippen LogP contribution in [0.1, 0.15) is 51.5 Å². The molecule has 1 aromatic carbocycles. The Labute approximate surface area is 141 Å². The molecule has 23 heavy (non-hydrogen) atoms. The average Bonchev–Trinajstić information content (AvgIpc) is 2.90. The van der Waals surface area contributed by atoms with Crippen LogP contribution in [-0.2, 0) is 4.79 Å². The van der Waals surface area contributed by atoms with Gasteiger partial charge in [0.1, 0.15) is 0 Å². The molecule has 1 aromatic heterocycles. The maximum Gasteiger partial charge on any atom is 0.223 e. The van der Waals surface area contributed by atoms with E-state index in [1.54, 1.807) is 23.3 Å². The number of rotatable bonds is 6. The van der Waals surface area contributed by atoms with Crippen LogP contribution in [-0.4, -0.2) is 23.6 Å². The van der Waals surface area contributed by atoms with Crippen LogP contribution in [0.25, 0.3) is 0 Å². The molecule has 0 fully saturated rings. The van der Waals surface area contributed by atoms with E-state index in [-0.39, 0.29) is 30.6 Å². The van der Waals surface area contributed by atoms with E-state index >= 15 is 0 Å². The molecule has 1 unspecified atom stereocenters. The number of thiophene rings is 1. The monoisotopic (exact) mass is 329 g/mol. The molecule has 0 N–H and O–H groups in total. The molecule has 0 bridgehead atoms. The van der Waals surface area contributed by atoms with Gasteiger partial charge >= 0.3 is 0 Å². The van der Waals surface area contributed by atoms with Crippen LogP contribution in [0.15, 0.2) is 36.4 Å². The number of ketones is 1. The van der Waals surface area contributed by atoms with E-state index in [2.05, 4.69) is 0 Å². The first-order valence-electron chi connectivity index (χ1n) is 7.81. The van der Waals surface area contributed by atoms with Gasteiger partial charge in [-0.05, 0) is 32.4 Å². The lowest BCUT2D eigenvalue weighted by Crippen LogP contribution is -2.29. The van der Waals surface area contributed by atoms with Gasteiger partial charge in [0.2, 0.25) is 5.91 Å². The molecule has 0 aliphatic rings. The minimum Gasteiger partial charge on any atom is -0.339 e. The largest absolute Gasteiger partial charge is 0.339 e. The van der Waals surface area contributed by atoms with Crippen LogP contribution in [0, 0.1) is 13.8 Å². The van der Waals surface area contributed by atoms with E-state index in [1.165, 1.54) is 0 Å². The van der Waals surface area contributed by atoms with Gasteiger partial charge in [0.05, 0.1) is 6.04 Å². The zero-order valence-electron chi connectivity index (χ0n) is 14.1. The summed E-state index contributed by atoms with van der Waals surface area (Å²) in [6, 6.07) is 11.8. The van der Waals surface area contributed by atoms with E-state index in [9.17, 15) is 9.59 Å². The summed E-state index contributed by atoms with van der Waals surface area (Å²) in [6.07, 6.45) is 0.516. The van der Waals surface area contributed by atoms with Gasteiger partial charge in [0.25, 0.3) is 0 Å². The molecule has 0 saturated heterocycles. The predicted octanol–water partition coefficient (Wildman–Crippen LogP) is 4.55. The fourth-order valence-electron chi connectivity index (χ4n) is 2.61. The van der Waals surface area contributed by atoms with Crippen LogP contribution < -0.4 is 0 Å². The van der Waals surface area contributed by atoms with Crippen molar-refractivity contribution in [3.05, 3.63) is 57.3 Å². The molecule has 0 saturated carbocycles. The number of carbonyl (C=O) groups excluding carboxylic acids is 2. The Morgan fingerprint density at radius 3 is 2.35 bits per heavy atom. The van der Waals surface area contributed by atoms with Gasteiger partial charge in [-0.1, -0.05) is 30.3 Å². The maximum absolute atomic E-state index is 12.4. The number of carbonyl (C=O) groups is 2. The first-order chi connectivity index (χ1) is 10.9. The third-order valence-electron chi connectivity index (χ3n) is 4.16. The van der Waals surface area contributed by atoms with E-state index in [1.807, 2.05) is 57.2 Å². The summed E-state index contributed by atoms with van der Waals surface area (Å²) in [4.78, 5) is 28.5. The maximum atomic E-state index is 12.4. The second-order valence-corrected chi connectivity index (χ2v) is 7.30.